The fraction of sp³-hybridized carbons (Fsp3) is 0.727. The molecule has 0 spiro atoms. The van der Waals surface area contributed by atoms with Crippen molar-refractivity contribution in [1.29, 1.82) is 0 Å². The lowest BCUT2D eigenvalue weighted by Gasteiger charge is -2.21. The average molecular weight is 223 g/mol. The van der Waals surface area contributed by atoms with Crippen molar-refractivity contribution < 1.29 is 0 Å². The molecule has 0 aliphatic carbocycles. The lowest BCUT2D eigenvalue weighted by Crippen LogP contribution is -2.27. The van der Waals surface area contributed by atoms with Crippen LogP contribution in [-0.2, 0) is 0 Å². The molecule has 1 rings (SSSR count). The molecule has 0 saturated heterocycles. The highest BCUT2D eigenvalue weighted by molar-refractivity contribution is 5.38. The summed E-state index contributed by atoms with van der Waals surface area (Å²) in [6.45, 7) is 11.4. The van der Waals surface area contributed by atoms with Gasteiger partial charge in [-0.3, -0.25) is 0 Å². The van der Waals surface area contributed by atoms with Gasteiger partial charge in [-0.15, -0.1) is 5.10 Å². The van der Waals surface area contributed by atoms with Gasteiger partial charge in [0.2, 0.25) is 5.95 Å². The van der Waals surface area contributed by atoms with Crippen molar-refractivity contribution >= 4 is 11.8 Å². The first-order chi connectivity index (χ1) is 7.37. The van der Waals surface area contributed by atoms with Crippen molar-refractivity contribution in [2.24, 2.45) is 5.92 Å². The minimum atomic E-state index is -0.0225. The number of rotatable bonds is 4. The van der Waals surface area contributed by atoms with E-state index in [0.717, 1.165) is 12.4 Å². The van der Waals surface area contributed by atoms with Crippen LogP contribution in [0.15, 0.2) is 6.20 Å². The molecule has 2 N–H and O–H groups in total. The third-order valence-electron chi connectivity index (χ3n) is 1.73. The van der Waals surface area contributed by atoms with Gasteiger partial charge in [0.25, 0.3) is 0 Å². The predicted molar refractivity (Wildman–Crippen MR) is 66.5 cm³/mol. The lowest BCUT2D eigenvalue weighted by molar-refractivity contribution is 0.628. The van der Waals surface area contributed by atoms with Crippen molar-refractivity contribution in [3.05, 3.63) is 6.20 Å². The maximum atomic E-state index is 4.33. The summed E-state index contributed by atoms with van der Waals surface area (Å²) in [6, 6.07) is 0. The molecule has 90 valence electrons. The molecule has 0 bridgehead atoms. The van der Waals surface area contributed by atoms with Gasteiger partial charge in [-0.2, -0.15) is 10.1 Å². The van der Waals surface area contributed by atoms with E-state index < -0.39 is 0 Å². The van der Waals surface area contributed by atoms with Gasteiger partial charge in [-0.05, 0) is 26.7 Å². The summed E-state index contributed by atoms with van der Waals surface area (Å²) in [7, 11) is 0. The molecule has 1 heterocycles. The Morgan fingerprint density at radius 2 is 2.00 bits per heavy atom. The molecule has 0 atom stereocenters. The van der Waals surface area contributed by atoms with Gasteiger partial charge in [0.1, 0.15) is 0 Å². The van der Waals surface area contributed by atoms with Crippen LogP contribution in [0.1, 0.15) is 34.6 Å². The molecule has 0 radical (unpaired) electrons. The molecule has 0 aliphatic heterocycles. The lowest BCUT2D eigenvalue weighted by atomic mass is 10.1. The second-order valence-corrected chi connectivity index (χ2v) is 5.31. The molecular formula is C11H21N5. The fourth-order valence-corrected chi connectivity index (χ4v) is 1.12. The number of hydrogen-bond donors (Lipinski definition) is 2. The van der Waals surface area contributed by atoms with E-state index in [4.69, 9.17) is 0 Å². The van der Waals surface area contributed by atoms with Gasteiger partial charge in [0, 0.05) is 12.1 Å². The fourth-order valence-electron chi connectivity index (χ4n) is 1.12. The maximum Gasteiger partial charge on any atom is 0.244 e. The molecule has 5 heteroatoms. The molecule has 5 nitrogen and oxygen atoms in total. The third kappa shape index (κ3) is 4.91. The second kappa shape index (κ2) is 5.09. The summed E-state index contributed by atoms with van der Waals surface area (Å²) in [5.41, 5.74) is -0.0225. The van der Waals surface area contributed by atoms with E-state index in [1.165, 1.54) is 0 Å². The van der Waals surface area contributed by atoms with E-state index in [1.54, 1.807) is 6.20 Å². The zero-order valence-corrected chi connectivity index (χ0v) is 10.7. The smallest absolute Gasteiger partial charge is 0.244 e. The number of hydrogen-bond acceptors (Lipinski definition) is 5. The van der Waals surface area contributed by atoms with E-state index in [2.05, 4.69) is 60.4 Å². The van der Waals surface area contributed by atoms with Crippen LogP contribution in [0.3, 0.4) is 0 Å². The Hall–Kier alpha value is -1.39. The van der Waals surface area contributed by atoms with E-state index in [1.807, 2.05) is 0 Å². The minimum Gasteiger partial charge on any atom is -0.364 e. The van der Waals surface area contributed by atoms with Gasteiger partial charge in [0.05, 0.1) is 6.20 Å². The summed E-state index contributed by atoms with van der Waals surface area (Å²) >= 11 is 0. The summed E-state index contributed by atoms with van der Waals surface area (Å²) in [5, 5.41) is 14.2. The molecule has 0 fully saturated rings. The van der Waals surface area contributed by atoms with Gasteiger partial charge >= 0.3 is 0 Å². The van der Waals surface area contributed by atoms with Gasteiger partial charge in [-0.1, -0.05) is 13.8 Å². The Balaban J connectivity index is 2.64. The molecule has 0 unspecified atom stereocenters. The molecule has 16 heavy (non-hydrogen) atoms. The molecule has 0 saturated carbocycles. The zero-order chi connectivity index (χ0) is 12.2. The number of nitrogens with zero attached hydrogens (tertiary/aromatic N) is 3. The second-order valence-electron chi connectivity index (χ2n) is 5.31. The minimum absolute atomic E-state index is 0.0225. The standard InChI is InChI=1S/C11H21N5/c1-8(2)6-12-10-14-9(7-13-16-10)15-11(3,4)5/h7-8H,6H2,1-5H3,(H2,12,14,15,16). The van der Waals surface area contributed by atoms with Crippen LogP contribution in [0.25, 0.3) is 0 Å². The van der Waals surface area contributed by atoms with E-state index >= 15 is 0 Å². The SMILES string of the molecule is CC(C)CNc1nncc(NC(C)(C)C)n1. The molecule has 0 amide bonds. The summed E-state index contributed by atoms with van der Waals surface area (Å²) in [6.07, 6.45) is 1.63. The van der Waals surface area contributed by atoms with Crippen molar-refractivity contribution in [2.45, 2.75) is 40.2 Å². The van der Waals surface area contributed by atoms with E-state index in [9.17, 15) is 0 Å². The van der Waals surface area contributed by atoms with E-state index in [-0.39, 0.29) is 5.54 Å². The van der Waals surface area contributed by atoms with Gasteiger partial charge in [-0.25, -0.2) is 0 Å². The van der Waals surface area contributed by atoms with Crippen molar-refractivity contribution in [3.8, 4) is 0 Å². The summed E-state index contributed by atoms with van der Waals surface area (Å²) in [5.74, 6) is 1.87. The summed E-state index contributed by atoms with van der Waals surface area (Å²) in [4.78, 5) is 4.33. The summed E-state index contributed by atoms with van der Waals surface area (Å²) < 4.78 is 0. The van der Waals surface area contributed by atoms with Crippen LogP contribution in [-0.4, -0.2) is 27.3 Å². The van der Waals surface area contributed by atoms with Crippen molar-refractivity contribution in [1.82, 2.24) is 15.2 Å². The predicted octanol–water partition coefficient (Wildman–Crippen LogP) is 2.15. The van der Waals surface area contributed by atoms with Crippen LogP contribution < -0.4 is 10.6 Å². The van der Waals surface area contributed by atoms with Crippen LogP contribution in [0.2, 0.25) is 0 Å². The molecule has 1 aromatic rings. The third-order valence-corrected chi connectivity index (χ3v) is 1.73. The average Bonchev–Trinajstić information content (AvgIpc) is 2.12. The first kappa shape index (κ1) is 12.7. The van der Waals surface area contributed by atoms with Crippen LogP contribution in [0.4, 0.5) is 11.8 Å². The Bertz CT molecular complexity index is 329. The van der Waals surface area contributed by atoms with Crippen molar-refractivity contribution in [2.75, 3.05) is 17.2 Å². The normalized spacial score (nSPS) is 11.6. The largest absolute Gasteiger partial charge is 0.364 e. The van der Waals surface area contributed by atoms with E-state index in [0.29, 0.717) is 11.9 Å². The van der Waals surface area contributed by atoms with Crippen LogP contribution in [0.5, 0.6) is 0 Å². The monoisotopic (exact) mass is 223 g/mol. The maximum absolute atomic E-state index is 4.33. The van der Waals surface area contributed by atoms with Crippen LogP contribution in [0, 0.1) is 5.92 Å². The Kier molecular flexibility index (Phi) is 4.04. The highest BCUT2D eigenvalue weighted by Gasteiger charge is 2.11. The highest BCUT2D eigenvalue weighted by atomic mass is 15.3. The van der Waals surface area contributed by atoms with Crippen molar-refractivity contribution in [3.63, 3.8) is 0 Å². The molecule has 0 aliphatic rings. The first-order valence-electron chi connectivity index (χ1n) is 5.58. The Morgan fingerprint density at radius 3 is 2.56 bits per heavy atom. The van der Waals surface area contributed by atoms with Gasteiger partial charge in [0.15, 0.2) is 5.82 Å². The molecule has 1 aromatic heterocycles. The number of anilines is 2. The quantitative estimate of drug-likeness (QED) is 0.819. The van der Waals surface area contributed by atoms with Crippen LogP contribution >= 0.6 is 0 Å². The number of aromatic nitrogens is 3. The highest BCUT2D eigenvalue weighted by Crippen LogP contribution is 2.11. The Morgan fingerprint density at radius 1 is 1.31 bits per heavy atom. The molecule has 0 aromatic carbocycles. The Labute approximate surface area is 97.1 Å². The van der Waals surface area contributed by atoms with Gasteiger partial charge < -0.3 is 10.6 Å². The molecular weight excluding hydrogens is 202 g/mol. The zero-order valence-electron chi connectivity index (χ0n) is 10.7. The first-order valence-corrected chi connectivity index (χ1v) is 5.58. The number of nitrogens with one attached hydrogen (secondary N) is 2. The topological polar surface area (TPSA) is 62.7 Å².